The van der Waals surface area contributed by atoms with Gasteiger partial charge in [-0.3, -0.25) is 9.59 Å². The maximum absolute atomic E-state index is 12.4. The minimum absolute atomic E-state index is 0.126. The summed E-state index contributed by atoms with van der Waals surface area (Å²) in [6, 6.07) is 10.3. The highest BCUT2D eigenvalue weighted by atomic mass is 16.2. The number of rotatable bonds is 4. The third-order valence-electron chi connectivity index (χ3n) is 4.95. The number of amides is 2. The van der Waals surface area contributed by atoms with Gasteiger partial charge in [0.05, 0.1) is 6.54 Å². The average molecular weight is 314 g/mol. The largest absolute Gasteiger partial charge is 0.341 e. The highest BCUT2D eigenvalue weighted by Crippen LogP contribution is 2.22. The second kappa shape index (κ2) is 7.62. The van der Waals surface area contributed by atoms with Gasteiger partial charge < -0.3 is 9.80 Å². The van der Waals surface area contributed by atoms with E-state index >= 15 is 0 Å². The van der Waals surface area contributed by atoms with Gasteiger partial charge in [0.25, 0.3) is 0 Å². The zero-order valence-corrected chi connectivity index (χ0v) is 13.7. The lowest BCUT2D eigenvalue weighted by molar-refractivity contribution is -0.138. The highest BCUT2D eigenvalue weighted by molar-refractivity contribution is 5.86. The Kier molecular flexibility index (Phi) is 5.31. The van der Waals surface area contributed by atoms with E-state index in [1.807, 2.05) is 23.1 Å². The van der Waals surface area contributed by atoms with Gasteiger partial charge in [0, 0.05) is 26.1 Å². The predicted octanol–water partition coefficient (Wildman–Crippen LogP) is 2.48. The average Bonchev–Trinajstić information content (AvgIpc) is 2.77. The van der Waals surface area contributed by atoms with Gasteiger partial charge in [0.2, 0.25) is 11.8 Å². The zero-order valence-electron chi connectivity index (χ0n) is 13.7. The zero-order chi connectivity index (χ0) is 16.1. The van der Waals surface area contributed by atoms with Gasteiger partial charge in [-0.05, 0) is 30.7 Å². The Hall–Kier alpha value is -1.84. The molecule has 0 N–H and O–H groups in total. The van der Waals surface area contributed by atoms with Crippen molar-refractivity contribution >= 4 is 11.8 Å². The minimum atomic E-state index is 0.126. The smallest absolute Gasteiger partial charge is 0.242 e. The molecule has 23 heavy (non-hydrogen) atoms. The molecule has 1 aromatic carbocycles. The Morgan fingerprint density at radius 1 is 1.04 bits per heavy atom. The summed E-state index contributed by atoms with van der Waals surface area (Å²) in [6.07, 6.45) is 6.10. The summed E-state index contributed by atoms with van der Waals surface area (Å²) in [7, 11) is 0. The number of hydrogen-bond donors (Lipinski definition) is 0. The van der Waals surface area contributed by atoms with E-state index in [0.29, 0.717) is 18.9 Å². The van der Waals surface area contributed by atoms with E-state index in [1.54, 1.807) is 4.90 Å². The summed E-state index contributed by atoms with van der Waals surface area (Å²) in [5, 5.41) is 0. The van der Waals surface area contributed by atoms with Crippen molar-refractivity contribution in [3.05, 3.63) is 35.9 Å². The molecule has 4 heteroatoms. The maximum Gasteiger partial charge on any atom is 0.242 e. The number of hydrogen-bond acceptors (Lipinski definition) is 2. The molecule has 2 saturated heterocycles. The normalized spacial score (nSPS) is 22.3. The van der Waals surface area contributed by atoms with Crippen LogP contribution >= 0.6 is 0 Å². The standard InChI is InChI=1S/C19H26N2O2/c22-18-13-17(12-16-8-4-3-5-9-16)14-21(18)15-19(23)20-10-6-1-2-7-11-20/h3-5,8-9,17H,1-2,6-7,10-15H2/t17-/m1/s1. The molecule has 1 atom stereocenters. The first-order valence-electron chi connectivity index (χ1n) is 8.82. The predicted molar refractivity (Wildman–Crippen MR) is 89.9 cm³/mol. The molecule has 2 amide bonds. The van der Waals surface area contributed by atoms with Crippen molar-refractivity contribution in [1.82, 2.24) is 9.80 Å². The molecule has 0 saturated carbocycles. The van der Waals surface area contributed by atoms with Gasteiger partial charge in [0.1, 0.15) is 0 Å². The topological polar surface area (TPSA) is 40.6 Å². The third kappa shape index (κ3) is 4.34. The lowest BCUT2D eigenvalue weighted by Gasteiger charge is -2.24. The monoisotopic (exact) mass is 314 g/mol. The van der Waals surface area contributed by atoms with Crippen LogP contribution in [-0.2, 0) is 16.0 Å². The van der Waals surface area contributed by atoms with E-state index in [0.717, 1.165) is 32.4 Å². The van der Waals surface area contributed by atoms with E-state index in [9.17, 15) is 9.59 Å². The van der Waals surface area contributed by atoms with Gasteiger partial charge >= 0.3 is 0 Å². The van der Waals surface area contributed by atoms with Crippen LogP contribution in [0.5, 0.6) is 0 Å². The van der Waals surface area contributed by atoms with Gasteiger partial charge in [-0.2, -0.15) is 0 Å². The molecule has 0 spiro atoms. The molecule has 2 aliphatic rings. The molecule has 0 aromatic heterocycles. The van der Waals surface area contributed by atoms with E-state index in [-0.39, 0.29) is 18.4 Å². The number of likely N-dealkylation sites (tertiary alicyclic amines) is 2. The molecule has 0 aliphatic carbocycles. The van der Waals surface area contributed by atoms with Crippen LogP contribution in [0.4, 0.5) is 0 Å². The van der Waals surface area contributed by atoms with Gasteiger partial charge in [0.15, 0.2) is 0 Å². The number of nitrogens with zero attached hydrogens (tertiary/aromatic N) is 2. The van der Waals surface area contributed by atoms with Crippen LogP contribution in [0, 0.1) is 5.92 Å². The Bertz CT molecular complexity index is 536. The van der Waals surface area contributed by atoms with Crippen molar-refractivity contribution in [2.75, 3.05) is 26.2 Å². The molecular formula is C19H26N2O2. The van der Waals surface area contributed by atoms with Gasteiger partial charge in [-0.25, -0.2) is 0 Å². The quantitative estimate of drug-likeness (QED) is 0.856. The van der Waals surface area contributed by atoms with Crippen molar-refractivity contribution < 1.29 is 9.59 Å². The molecule has 0 radical (unpaired) electrons. The third-order valence-corrected chi connectivity index (χ3v) is 4.95. The van der Waals surface area contributed by atoms with Crippen LogP contribution < -0.4 is 0 Å². The number of carbonyl (C=O) groups excluding carboxylic acids is 2. The summed E-state index contributed by atoms with van der Waals surface area (Å²) in [5.74, 6) is 0.594. The second-order valence-corrected chi connectivity index (χ2v) is 6.83. The molecule has 0 unspecified atom stereocenters. The Balaban J connectivity index is 1.52. The number of carbonyl (C=O) groups is 2. The molecule has 4 nitrogen and oxygen atoms in total. The molecule has 2 fully saturated rings. The van der Waals surface area contributed by atoms with Gasteiger partial charge in [-0.1, -0.05) is 43.2 Å². The molecule has 2 aliphatic heterocycles. The molecular weight excluding hydrogens is 288 g/mol. The Labute approximate surface area is 138 Å². The molecule has 3 rings (SSSR count). The second-order valence-electron chi connectivity index (χ2n) is 6.83. The highest BCUT2D eigenvalue weighted by Gasteiger charge is 2.31. The van der Waals surface area contributed by atoms with E-state index in [4.69, 9.17) is 0 Å². The molecule has 124 valence electrons. The molecule has 1 aromatic rings. The van der Waals surface area contributed by atoms with Crippen LogP contribution in [-0.4, -0.2) is 47.8 Å². The Morgan fingerprint density at radius 3 is 2.43 bits per heavy atom. The Morgan fingerprint density at radius 2 is 1.74 bits per heavy atom. The first-order chi connectivity index (χ1) is 11.2. The maximum atomic E-state index is 12.4. The summed E-state index contributed by atoms with van der Waals surface area (Å²) >= 11 is 0. The first kappa shape index (κ1) is 16.0. The van der Waals surface area contributed by atoms with Crippen molar-refractivity contribution in [1.29, 1.82) is 0 Å². The summed E-state index contributed by atoms with van der Waals surface area (Å²) in [4.78, 5) is 28.4. The lowest BCUT2D eigenvalue weighted by Crippen LogP contribution is -2.41. The lowest BCUT2D eigenvalue weighted by atomic mass is 9.99. The fourth-order valence-electron chi connectivity index (χ4n) is 3.67. The van der Waals surface area contributed by atoms with Crippen LogP contribution in [0.15, 0.2) is 30.3 Å². The van der Waals surface area contributed by atoms with Crippen LogP contribution in [0.1, 0.15) is 37.7 Å². The fraction of sp³-hybridized carbons (Fsp3) is 0.579. The summed E-state index contributed by atoms with van der Waals surface area (Å²) < 4.78 is 0. The molecule has 0 bridgehead atoms. The minimum Gasteiger partial charge on any atom is -0.341 e. The van der Waals surface area contributed by atoms with Crippen molar-refractivity contribution in [3.63, 3.8) is 0 Å². The molecule has 2 heterocycles. The van der Waals surface area contributed by atoms with Crippen LogP contribution in [0.3, 0.4) is 0 Å². The van der Waals surface area contributed by atoms with E-state index in [1.165, 1.54) is 18.4 Å². The summed E-state index contributed by atoms with van der Waals surface area (Å²) in [6.45, 7) is 2.69. The van der Waals surface area contributed by atoms with Crippen molar-refractivity contribution in [2.45, 2.75) is 38.5 Å². The first-order valence-corrected chi connectivity index (χ1v) is 8.82. The van der Waals surface area contributed by atoms with Crippen LogP contribution in [0.25, 0.3) is 0 Å². The SMILES string of the molecule is O=C(CN1C[C@H](Cc2ccccc2)CC1=O)N1CCCCCC1. The van der Waals surface area contributed by atoms with E-state index < -0.39 is 0 Å². The summed E-state index contributed by atoms with van der Waals surface area (Å²) in [5.41, 5.74) is 1.27. The van der Waals surface area contributed by atoms with Crippen molar-refractivity contribution in [3.8, 4) is 0 Å². The van der Waals surface area contributed by atoms with Crippen molar-refractivity contribution in [2.24, 2.45) is 5.92 Å². The van der Waals surface area contributed by atoms with Crippen LogP contribution in [0.2, 0.25) is 0 Å². The number of benzene rings is 1. The van der Waals surface area contributed by atoms with Gasteiger partial charge in [-0.15, -0.1) is 0 Å². The fourth-order valence-corrected chi connectivity index (χ4v) is 3.67. The van der Waals surface area contributed by atoms with E-state index in [2.05, 4.69) is 12.1 Å².